The van der Waals surface area contributed by atoms with Crippen molar-refractivity contribution in [2.24, 2.45) is 11.8 Å². The molecular formula is C22H25N3O4S. The zero-order valence-corrected chi connectivity index (χ0v) is 17.7. The Morgan fingerprint density at radius 2 is 1.77 bits per heavy atom. The number of pyridine rings is 1. The number of aromatic nitrogens is 1. The fourth-order valence-corrected chi connectivity index (χ4v) is 5.64. The van der Waals surface area contributed by atoms with Crippen molar-refractivity contribution in [2.75, 3.05) is 0 Å². The maximum Gasteiger partial charge on any atom is 0.241 e. The van der Waals surface area contributed by atoms with Crippen molar-refractivity contribution < 1.29 is 18.0 Å². The Hall–Kier alpha value is -2.58. The van der Waals surface area contributed by atoms with E-state index in [1.165, 1.54) is 4.90 Å². The number of carbonyl (C=O) groups is 2. The van der Waals surface area contributed by atoms with E-state index in [1.54, 1.807) is 49.5 Å². The monoisotopic (exact) mass is 427 g/mol. The van der Waals surface area contributed by atoms with Gasteiger partial charge in [-0.15, -0.1) is 0 Å². The molecule has 1 saturated heterocycles. The summed E-state index contributed by atoms with van der Waals surface area (Å²) < 4.78 is 28.3. The van der Waals surface area contributed by atoms with Gasteiger partial charge in [0.05, 0.1) is 35.5 Å². The minimum atomic E-state index is -3.77. The van der Waals surface area contributed by atoms with E-state index in [9.17, 15) is 18.0 Å². The van der Waals surface area contributed by atoms with Crippen LogP contribution in [0.25, 0.3) is 0 Å². The Morgan fingerprint density at radius 3 is 2.40 bits per heavy atom. The average molecular weight is 428 g/mol. The number of nitrogens with zero attached hydrogens (tertiary/aromatic N) is 2. The number of sulfonamides is 1. The number of aryl methyl sites for hydroxylation is 1. The first kappa shape index (κ1) is 20.7. The normalized spacial score (nSPS) is 21.7. The molecule has 1 saturated carbocycles. The summed E-state index contributed by atoms with van der Waals surface area (Å²) in [5.41, 5.74) is 1.84. The van der Waals surface area contributed by atoms with Crippen LogP contribution >= 0.6 is 0 Å². The molecule has 158 valence electrons. The number of rotatable bonds is 6. The molecule has 2 aliphatic rings. The van der Waals surface area contributed by atoms with Gasteiger partial charge >= 0.3 is 0 Å². The first-order chi connectivity index (χ1) is 14.4. The van der Waals surface area contributed by atoms with Crippen LogP contribution in [0.5, 0.6) is 0 Å². The molecule has 2 aromatic rings. The van der Waals surface area contributed by atoms with Crippen LogP contribution in [0.4, 0.5) is 0 Å². The van der Waals surface area contributed by atoms with Gasteiger partial charge < -0.3 is 0 Å². The fraction of sp³-hybridized carbons (Fsp3) is 0.409. The summed E-state index contributed by atoms with van der Waals surface area (Å²) >= 11 is 0. The Labute approximate surface area is 176 Å². The van der Waals surface area contributed by atoms with Crippen molar-refractivity contribution in [3.63, 3.8) is 0 Å². The second kappa shape index (κ2) is 8.28. The van der Waals surface area contributed by atoms with Crippen LogP contribution in [0.2, 0.25) is 0 Å². The molecule has 1 N–H and O–H groups in total. The number of nitrogens with one attached hydrogen (secondary N) is 1. The molecule has 1 aliphatic carbocycles. The lowest BCUT2D eigenvalue weighted by molar-refractivity contribution is -0.140. The van der Waals surface area contributed by atoms with Gasteiger partial charge in [-0.1, -0.05) is 31.0 Å². The van der Waals surface area contributed by atoms with E-state index in [1.807, 2.05) is 0 Å². The van der Waals surface area contributed by atoms with Crippen LogP contribution in [0.15, 0.2) is 47.5 Å². The molecule has 1 aliphatic heterocycles. The Balaban J connectivity index is 1.53. The van der Waals surface area contributed by atoms with Crippen molar-refractivity contribution >= 4 is 21.8 Å². The number of fused-ring (bicyclic) bond motifs is 1. The van der Waals surface area contributed by atoms with Crippen molar-refractivity contribution in [1.82, 2.24) is 14.6 Å². The van der Waals surface area contributed by atoms with Crippen molar-refractivity contribution in [3.05, 3.63) is 59.4 Å². The highest BCUT2D eigenvalue weighted by molar-refractivity contribution is 7.89. The van der Waals surface area contributed by atoms with Crippen LogP contribution < -0.4 is 4.72 Å². The van der Waals surface area contributed by atoms with E-state index in [2.05, 4.69) is 9.71 Å². The molecule has 4 rings (SSSR count). The molecule has 2 atom stereocenters. The molecule has 2 fully saturated rings. The van der Waals surface area contributed by atoms with E-state index in [4.69, 9.17) is 0 Å². The fourth-order valence-electron chi connectivity index (χ4n) is 4.35. The summed E-state index contributed by atoms with van der Waals surface area (Å²) in [5, 5.41) is 0. The van der Waals surface area contributed by atoms with E-state index < -0.39 is 10.0 Å². The summed E-state index contributed by atoms with van der Waals surface area (Å²) in [6.45, 7) is 1.91. The minimum absolute atomic E-state index is 0.0826. The topological polar surface area (TPSA) is 96.4 Å². The van der Waals surface area contributed by atoms with Gasteiger partial charge in [-0.2, -0.15) is 0 Å². The van der Waals surface area contributed by atoms with Gasteiger partial charge in [-0.3, -0.25) is 19.5 Å². The molecule has 1 aromatic heterocycles. The number of likely N-dealkylation sites (tertiary alicyclic amines) is 1. The Kier molecular flexibility index (Phi) is 5.71. The quantitative estimate of drug-likeness (QED) is 0.715. The zero-order chi connectivity index (χ0) is 21.3. The predicted molar refractivity (Wildman–Crippen MR) is 110 cm³/mol. The zero-order valence-electron chi connectivity index (χ0n) is 16.9. The number of carbonyl (C=O) groups excluding carboxylic acids is 2. The van der Waals surface area contributed by atoms with E-state index >= 15 is 0 Å². The molecule has 2 amide bonds. The Morgan fingerprint density at radius 1 is 1.07 bits per heavy atom. The average Bonchev–Trinajstić information content (AvgIpc) is 2.99. The van der Waals surface area contributed by atoms with Gasteiger partial charge in [0.25, 0.3) is 0 Å². The van der Waals surface area contributed by atoms with Crippen molar-refractivity contribution in [2.45, 2.75) is 50.6 Å². The first-order valence-corrected chi connectivity index (χ1v) is 11.7. The van der Waals surface area contributed by atoms with E-state index in [-0.39, 0.29) is 41.6 Å². The molecule has 30 heavy (non-hydrogen) atoms. The molecular weight excluding hydrogens is 402 g/mol. The largest absolute Gasteiger partial charge is 0.278 e. The highest BCUT2D eigenvalue weighted by Gasteiger charge is 2.47. The number of benzene rings is 1. The summed E-state index contributed by atoms with van der Waals surface area (Å²) in [7, 11) is -3.77. The van der Waals surface area contributed by atoms with Gasteiger partial charge in [-0.25, -0.2) is 13.1 Å². The minimum Gasteiger partial charge on any atom is -0.278 e. The third kappa shape index (κ3) is 4.02. The summed E-state index contributed by atoms with van der Waals surface area (Å²) in [6.07, 6.45) is 5.08. The molecule has 0 radical (unpaired) electrons. The lowest BCUT2D eigenvalue weighted by Gasteiger charge is -2.19. The van der Waals surface area contributed by atoms with E-state index in [0.717, 1.165) is 25.7 Å². The van der Waals surface area contributed by atoms with Crippen LogP contribution in [-0.2, 0) is 32.7 Å². The molecule has 0 bridgehead atoms. The second-order valence-corrected chi connectivity index (χ2v) is 9.74. The van der Waals surface area contributed by atoms with Crippen molar-refractivity contribution in [1.29, 1.82) is 0 Å². The highest BCUT2D eigenvalue weighted by Crippen LogP contribution is 2.38. The number of hydrogen-bond donors (Lipinski definition) is 1. The molecule has 1 aromatic carbocycles. The van der Waals surface area contributed by atoms with Gasteiger partial charge in [-0.05, 0) is 49.1 Å². The Bertz CT molecular complexity index is 1050. The van der Waals surface area contributed by atoms with Crippen LogP contribution in [0, 0.1) is 18.8 Å². The molecule has 2 heterocycles. The third-order valence-electron chi connectivity index (χ3n) is 5.98. The van der Waals surface area contributed by atoms with Gasteiger partial charge in [0, 0.05) is 6.20 Å². The maximum atomic E-state index is 12.9. The second-order valence-electron chi connectivity index (χ2n) is 8.01. The van der Waals surface area contributed by atoms with Crippen molar-refractivity contribution in [3.8, 4) is 0 Å². The highest BCUT2D eigenvalue weighted by atomic mass is 32.2. The van der Waals surface area contributed by atoms with Gasteiger partial charge in [0.2, 0.25) is 21.8 Å². The molecule has 8 heteroatoms. The smallest absolute Gasteiger partial charge is 0.241 e. The van der Waals surface area contributed by atoms with Gasteiger partial charge in [0.15, 0.2) is 0 Å². The summed E-state index contributed by atoms with van der Waals surface area (Å²) in [6, 6.07) is 10.3. The standard InChI is InChI=1S/C22H25N3O4S/c1-15-9-10-16(14-25-21(26)18-7-2-3-8-19(18)22(25)27)12-20(15)30(28,29)24-13-17-6-4-5-11-23-17/h4-6,9-12,18-19,24H,2-3,7-8,13-14H2,1H3/t18-,19-/m0/s1. The van der Waals surface area contributed by atoms with Crippen LogP contribution in [-0.4, -0.2) is 30.1 Å². The number of imide groups is 1. The SMILES string of the molecule is Cc1ccc(CN2C(=O)[C@H]3CCCC[C@@H]3C2=O)cc1S(=O)(=O)NCc1ccccn1. The summed E-state index contributed by atoms with van der Waals surface area (Å²) in [4.78, 5) is 31.0. The van der Waals surface area contributed by atoms with Crippen LogP contribution in [0.1, 0.15) is 42.5 Å². The molecule has 0 unspecified atom stereocenters. The molecule has 7 nitrogen and oxygen atoms in total. The first-order valence-electron chi connectivity index (χ1n) is 10.2. The van der Waals surface area contributed by atoms with E-state index in [0.29, 0.717) is 16.8 Å². The summed E-state index contributed by atoms with van der Waals surface area (Å²) in [5.74, 6) is -0.661. The van der Waals surface area contributed by atoms with Gasteiger partial charge in [0.1, 0.15) is 0 Å². The third-order valence-corrected chi connectivity index (χ3v) is 7.53. The van der Waals surface area contributed by atoms with Crippen LogP contribution in [0.3, 0.4) is 0 Å². The predicted octanol–water partition coefficient (Wildman–Crippen LogP) is 2.54. The molecule has 0 spiro atoms. The number of amides is 2. The maximum absolute atomic E-state index is 12.9. The lowest BCUT2D eigenvalue weighted by atomic mass is 9.81. The number of hydrogen-bond acceptors (Lipinski definition) is 5. The lowest BCUT2D eigenvalue weighted by Crippen LogP contribution is -2.30.